The average molecular weight is 162 g/mol. The number of hydrogen-bond acceptors (Lipinski definition) is 2. The van der Waals surface area contributed by atoms with Crippen molar-refractivity contribution in [3.8, 4) is 0 Å². The molecule has 0 saturated carbocycles. The normalized spacial score (nSPS) is 14.3. The first-order chi connectivity index (χ1) is 4.89. The van der Waals surface area contributed by atoms with Crippen molar-refractivity contribution in [2.24, 2.45) is 5.41 Å². The smallest absolute Gasteiger partial charge is 0.341 e. The molecule has 0 aliphatic heterocycles. The van der Waals surface area contributed by atoms with E-state index in [4.69, 9.17) is 0 Å². The number of carbonyl (C=O) groups excluding carboxylic acids is 1. The monoisotopic (exact) mass is 162 g/mol. The van der Waals surface area contributed by atoms with Gasteiger partial charge in [0.2, 0.25) is 6.17 Å². The molecule has 0 aliphatic carbocycles. The molecule has 3 heteroatoms. The fourth-order valence-corrected chi connectivity index (χ4v) is 0.569. The van der Waals surface area contributed by atoms with E-state index in [2.05, 4.69) is 4.74 Å². The second-order valence-corrected chi connectivity index (χ2v) is 3.48. The summed E-state index contributed by atoms with van der Waals surface area (Å²) in [5.41, 5.74) is -0.660. The number of ether oxygens (including phenoxy) is 1. The second kappa shape index (κ2) is 3.69. The third kappa shape index (κ3) is 3.35. The molecule has 0 fully saturated rings. The van der Waals surface area contributed by atoms with Crippen molar-refractivity contribution in [3.63, 3.8) is 0 Å². The van der Waals surface area contributed by atoms with Crippen molar-refractivity contribution in [2.45, 2.75) is 33.9 Å². The lowest BCUT2D eigenvalue weighted by atomic mass is 9.90. The van der Waals surface area contributed by atoms with Crippen molar-refractivity contribution in [3.05, 3.63) is 0 Å². The molecule has 0 bridgehead atoms. The van der Waals surface area contributed by atoms with Crippen molar-refractivity contribution in [2.75, 3.05) is 6.61 Å². The number of hydrogen-bond donors (Lipinski definition) is 0. The maximum atomic E-state index is 13.0. The summed E-state index contributed by atoms with van der Waals surface area (Å²) >= 11 is 0. The van der Waals surface area contributed by atoms with Gasteiger partial charge in [-0.2, -0.15) is 0 Å². The van der Waals surface area contributed by atoms with Crippen LogP contribution in [0.1, 0.15) is 27.7 Å². The molecule has 0 aromatic carbocycles. The summed E-state index contributed by atoms with van der Waals surface area (Å²) < 4.78 is 17.5. The first kappa shape index (κ1) is 10.4. The fraction of sp³-hybridized carbons (Fsp3) is 0.875. The van der Waals surface area contributed by atoms with E-state index in [0.29, 0.717) is 0 Å². The first-order valence-electron chi connectivity index (χ1n) is 3.70. The predicted molar refractivity (Wildman–Crippen MR) is 41.0 cm³/mol. The number of alkyl halides is 1. The Bertz CT molecular complexity index is 138. The average Bonchev–Trinajstić information content (AvgIpc) is 1.85. The zero-order valence-electron chi connectivity index (χ0n) is 7.48. The van der Waals surface area contributed by atoms with Crippen molar-refractivity contribution in [1.82, 2.24) is 0 Å². The third-order valence-electron chi connectivity index (χ3n) is 1.25. The van der Waals surface area contributed by atoms with E-state index in [0.717, 1.165) is 0 Å². The summed E-state index contributed by atoms with van der Waals surface area (Å²) in [7, 11) is 0. The van der Waals surface area contributed by atoms with Crippen LogP contribution in [0.2, 0.25) is 0 Å². The highest BCUT2D eigenvalue weighted by molar-refractivity contribution is 5.75. The van der Waals surface area contributed by atoms with E-state index in [1.807, 2.05) is 0 Å². The first-order valence-corrected chi connectivity index (χ1v) is 3.70. The van der Waals surface area contributed by atoms with E-state index in [-0.39, 0.29) is 6.61 Å². The van der Waals surface area contributed by atoms with Gasteiger partial charge in [0.15, 0.2) is 0 Å². The van der Waals surface area contributed by atoms with Gasteiger partial charge in [-0.15, -0.1) is 0 Å². The van der Waals surface area contributed by atoms with E-state index < -0.39 is 17.6 Å². The highest BCUT2D eigenvalue weighted by Gasteiger charge is 2.32. The van der Waals surface area contributed by atoms with Crippen LogP contribution in [-0.2, 0) is 9.53 Å². The Labute approximate surface area is 66.7 Å². The Kier molecular flexibility index (Phi) is 3.49. The molecule has 11 heavy (non-hydrogen) atoms. The number of carbonyl (C=O) groups is 1. The summed E-state index contributed by atoms with van der Waals surface area (Å²) in [5, 5.41) is 0. The summed E-state index contributed by atoms with van der Waals surface area (Å²) in [6.45, 7) is 6.88. The van der Waals surface area contributed by atoms with Crippen molar-refractivity contribution >= 4 is 5.97 Å². The minimum absolute atomic E-state index is 0.231. The molecule has 0 aromatic heterocycles. The Morgan fingerprint density at radius 3 is 2.27 bits per heavy atom. The van der Waals surface area contributed by atoms with Gasteiger partial charge >= 0.3 is 5.97 Å². The highest BCUT2D eigenvalue weighted by Crippen LogP contribution is 2.22. The molecule has 0 amide bonds. The third-order valence-corrected chi connectivity index (χ3v) is 1.25. The summed E-state index contributed by atoms with van der Waals surface area (Å²) in [4.78, 5) is 10.8. The van der Waals surface area contributed by atoms with Crippen LogP contribution in [0.4, 0.5) is 4.39 Å². The number of halogens is 1. The minimum Gasteiger partial charge on any atom is -0.464 e. The van der Waals surface area contributed by atoms with E-state index >= 15 is 0 Å². The van der Waals surface area contributed by atoms with Crippen LogP contribution in [0.15, 0.2) is 0 Å². The fourth-order valence-electron chi connectivity index (χ4n) is 0.569. The molecule has 0 N–H and O–H groups in total. The van der Waals surface area contributed by atoms with Gasteiger partial charge in [0, 0.05) is 5.41 Å². The van der Waals surface area contributed by atoms with Crippen LogP contribution in [0, 0.1) is 5.41 Å². The topological polar surface area (TPSA) is 26.3 Å². The lowest BCUT2D eigenvalue weighted by Gasteiger charge is -2.21. The van der Waals surface area contributed by atoms with Gasteiger partial charge in [0.25, 0.3) is 0 Å². The highest BCUT2D eigenvalue weighted by atomic mass is 19.1. The van der Waals surface area contributed by atoms with Crippen LogP contribution in [-0.4, -0.2) is 18.7 Å². The Morgan fingerprint density at radius 2 is 2.00 bits per heavy atom. The molecule has 0 rings (SSSR count). The van der Waals surface area contributed by atoms with Crippen LogP contribution < -0.4 is 0 Å². The Hall–Kier alpha value is -0.600. The van der Waals surface area contributed by atoms with Gasteiger partial charge in [-0.1, -0.05) is 20.8 Å². The quantitative estimate of drug-likeness (QED) is 0.580. The molecule has 0 heterocycles. The molecule has 1 atom stereocenters. The van der Waals surface area contributed by atoms with E-state index in [1.165, 1.54) is 0 Å². The van der Waals surface area contributed by atoms with Crippen molar-refractivity contribution < 1.29 is 13.9 Å². The van der Waals surface area contributed by atoms with Crippen LogP contribution in [0.3, 0.4) is 0 Å². The van der Waals surface area contributed by atoms with Crippen LogP contribution in [0.5, 0.6) is 0 Å². The molecule has 0 saturated heterocycles. The van der Waals surface area contributed by atoms with Crippen LogP contribution in [0.25, 0.3) is 0 Å². The van der Waals surface area contributed by atoms with E-state index in [1.54, 1.807) is 27.7 Å². The van der Waals surface area contributed by atoms with Gasteiger partial charge in [0.05, 0.1) is 6.61 Å². The standard InChI is InChI=1S/C8H15FO2/c1-5-11-7(10)6(9)8(2,3)4/h6H,5H2,1-4H3. The molecule has 0 radical (unpaired) electrons. The lowest BCUT2D eigenvalue weighted by Crippen LogP contribution is -2.31. The van der Waals surface area contributed by atoms with Gasteiger partial charge in [0.1, 0.15) is 0 Å². The SMILES string of the molecule is CCOC(=O)C(F)C(C)(C)C. The largest absolute Gasteiger partial charge is 0.464 e. The summed E-state index contributed by atoms with van der Waals surface area (Å²) in [5.74, 6) is -0.764. The minimum atomic E-state index is -1.53. The molecule has 2 nitrogen and oxygen atoms in total. The Morgan fingerprint density at radius 1 is 1.55 bits per heavy atom. The van der Waals surface area contributed by atoms with Gasteiger partial charge in [-0.05, 0) is 6.92 Å². The zero-order valence-corrected chi connectivity index (χ0v) is 7.48. The van der Waals surface area contributed by atoms with Gasteiger partial charge in [-0.25, -0.2) is 9.18 Å². The lowest BCUT2D eigenvalue weighted by molar-refractivity contribution is -0.153. The number of esters is 1. The van der Waals surface area contributed by atoms with Crippen molar-refractivity contribution in [1.29, 1.82) is 0 Å². The molecule has 1 unspecified atom stereocenters. The molecular formula is C8H15FO2. The predicted octanol–water partition coefficient (Wildman–Crippen LogP) is 1.93. The summed E-state index contributed by atoms with van der Waals surface area (Å²) in [6.07, 6.45) is -1.53. The molecular weight excluding hydrogens is 147 g/mol. The van der Waals surface area contributed by atoms with E-state index in [9.17, 15) is 9.18 Å². The van der Waals surface area contributed by atoms with Gasteiger partial charge < -0.3 is 4.74 Å². The summed E-state index contributed by atoms with van der Waals surface area (Å²) in [6, 6.07) is 0. The Balaban J connectivity index is 4.03. The maximum absolute atomic E-state index is 13.0. The maximum Gasteiger partial charge on any atom is 0.341 e. The van der Waals surface area contributed by atoms with Gasteiger partial charge in [-0.3, -0.25) is 0 Å². The second-order valence-electron chi connectivity index (χ2n) is 3.48. The molecule has 0 spiro atoms. The zero-order chi connectivity index (χ0) is 9.07. The molecule has 66 valence electrons. The number of rotatable bonds is 2. The molecule has 0 aromatic rings. The van der Waals surface area contributed by atoms with Crippen LogP contribution >= 0.6 is 0 Å². The molecule has 0 aliphatic rings.